The Balaban J connectivity index is 2.12. The Morgan fingerprint density at radius 1 is 1.71 bits per heavy atom. The molecular formula is C10H13N3O3S. The molecule has 1 aromatic rings. The zero-order chi connectivity index (χ0) is 12.4. The lowest BCUT2D eigenvalue weighted by molar-refractivity contribution is 0.0952. The number of aryl methyl sites for hydroxylation is 1. The van der Waals surface area contributed by atoms with E-state index in [1.54, 1.807) is 17.9 Å². The van der Waals surface area contributed by atoms with Gasteiger partial charge < -0.3 is 9.32 Å². The number of nitrogens with zero attached hydrogens (tertiary/aromatic N) is 1. The molecule has 1 aromatic heterocycles. The molecule has 7 heteroatoms. The number of thioether (sulfide) groups is 1. The largest absolute Gasteiger partial charge is 0.464 e. The van der Waals surface area contributed by atoms with Crippen molar-refractivity contribution in [2.45, 2.75) is 13.5 Å². The fourth-order valence-corrected chi connectivity index (χ4v) is 2.51. The van der Waals surface area contributed by atoms with Crippen molar-refractivity contribution in [1.82, 2.24) is 10.3 Å². The fourth-order valence-electron chi connectivity index (χ4n) is 1.68. The standard InChI is InChI=1S/C10H13N3O3S/c1-6-8(9(14)12-11)4-7(16-6)5-13-2-3-17-10(13)15/h4H,2-3,5,11H2,1H3,(H,12,14). The molecular weight excluding hydrogens is 242 g/mol. The van der Waals surface area contributed by atoms with Gasteiger partial charge in [0.2, 0.25) is 0 Å². The van der Waals surface area contributed by atoms with Crippen LogP contribution < -0.4 is 11.3 Å². The van der Waals surface area contributed by atoms with Crippen LogP contribution in [0.2, 0.25) is 0 Å². The van der Waals surface area contributed by atoms with Gasteiger partial charge in [0.05, 0.1) is 12.1 Å². The predicted molar refractivity (Wildman–Crippen MR) is 63.4 cm³/mol. The fraction of sp³-hybridized carbons (Fsp3) is 0.400. The van der Waals surface area contributed by atoms with E-state index in [-0.39, 0.29) is 11.1 Å². The topological polar surface area (TPSA) is 88.6 Å². The third kappa shape index (κ3) is 2.45. The monoisotopic (exact) mass is 255 g/mol. The van der Waals surface area contributed by atoms with Crippen molar-refractivity contribution in [3.05, 3.63) is 23.2 Å². The average Bonchev–Trinajstić information content (AvgIpc) is 2.86. The summed E-state index contributed by atoms with van der Waals surface area (Å²) in [6.45, 7) is 2.79. The number of hydrazine groups is 1. The summed E-state index contributed by atoms with van der Waals surface area (Å²) >= 11 is 1.29. The van der Waals surface area contributed by atoms with Crippen LogP contribution in [0.4, 0.5) is 4.79 Å². The minimum absolute atomic E-state index is 0.0453. The maximum atomic E-state index is 11.4. The number of nitrogens with two attached hydrogens (primary N) is 1. The van der Waals surface area contributed by atoms with Crippen LogP contribution in [0, 0.1) is 6.92 Å². The van der Waals surface area contributed by atoms with Gasteiger partial charge in [-0.25, -0.2) is 5.84 Å². The van der Waals surface area contributed by atoms with Gasteiger partial charge in [-0.3, -0.25) is 15.0 Å². The Bertz CT molecular complexity index is 458. The first-order valence-electron chi connectivity index (χ1n) is 5.13. The quantitative estimate of drug-likeness (QED) is 0.475. The minimum atomic E-state index is -0.389. The zero-order valence-electron chi connectivity index (χ0n) is 9.36. The van der Waals surface area contributed by atoms with E-state index < -0.39 is 0 Å². The molecule has 0 unspecified atom stereocenters. The van der Waals surface area contributed by atoms with Crippen LogP contribution in [0.3, 0.4) is 0 Å². The van der Waals surface area contributed by atoms with Crippen LogP contribution in [0.25, 0.3) is 0 Å². The molecule has 0 aromatic carbocycles. The maximum Gasteiger partial charge on any atom is 0.282 e. The van der Waals surface area contributed by atoms with Crippen LogP contribution in [-0.2, 0) is 6.54 Å². The first kappa shape index (κ1) is 12.0. The van der Waals surface area contributed by atoms with E-state index in [0.717, 1.165) is 5.75 Å². The number of amides is 2. The van der Waals surface area contributed by atoms with Crippen LogP contribution in [0.5, 0.6) is 0 Å². The second-order valence-electron chi connectivity index (χ2n) is 3.69. The van der Waals surface area contributed by atoms with Crippen LogP contribution >= 0.6 is 11.8 Å². The summed E-state index contributed by atoms with van der Waals surface area (Å²) in [7, 11) is 0. The molecule has 6 nitrogen and oxygen atoms in total. The number of nitrogen functional groups attached to an aromatic ring is 1. The van der Waals surface area contributed by atoms with E-state index in [0.29, 0.717) is 30.2 Å². The molecule has 2 heterocycles. The first-order chi connectivity index (χ1) is 8.11. The molecule has 17 heavy (non-hydrogen) atoms. The van der Waals surface area contributed by atoms with Crippen LogP contribution in [-0.4, -0.2) is 28.3 Å². The van der Waals surface area contributed by atoms with Gasteiger partial charge in [-0.2, -0.15) is 0 Å². The molecule has 1 aliphatic rings. The maximum absolute atomic E-state index is 11.4. The molecule has 0 bridgehead atoms. The first-order valence-corrected chi connectivity index (χ1v) is 6.12. The van der Waals surface area contributed by atoms with Gasteiger partial charge in [0.25, 0.3) is 11.1 Å². The van der Waals surface area contributed by atoms with E-state index in [2.05, 4.69) is 5.43 Å². The van der Waals surface area contributed by atoms with E-state index in [9.17, 15) is 9.59 Å². The lowest BCUT2D eigenvalue weighted by Crippen LogP contribution is -2.30. The second kappa shape index (κ2) is 4.80. The van der Waals surface area contributed by atoms with E-state index in [4.69, 9.17) is 10.3 Å². The van der Waals surface area contributed by atoms with Crippen molar-refractivity contribution in [2.75, 3.05) is 12.3 Å². The summed E-state index contributed by atoms with van der Waals surface area (Å²) in [5.41, 5.74) is 2.46. The Morgan fingerprint density at radius 3 is 3.06 bits per heavy atom. The van der Waals surface area contributed by atoms with E-state index >= 15 is 0 Å². The molecule has 2 rings (SSSR count). The van der Waals surface area contributed by atoms with Crippen LogP contribution in [0.15, 0.2) is 10.5 Å². The summed E-state index contributed by atoms with van der Waals surface area (Å²) in [6.07, 6.45) is 0. The van der Waals surface area contributed by atoms with Gasteiger partial charge in [-0.05, 0) is 13.0 Å². The zero-order valence-corrected chi connectivity index (χ0v) is 10.2. The number of hydrogen-bond acceptors (Lipinski definition) is 5. The molecule has 1 saturated heterocycles. The van der Waals surface area contributed by atoms with Gasteiger partial charge in [-0.15, -0.1) is 0 Å². The summed E-state index contributed by atoms with van der Waals surface area (Å²) in [5.74, 6) is 6.57. The number of carbonyl (C=O) groups excluding carboxylic acids is 2. The highest BCUT2D eigenvalue weighted by Gasteiger charge is 2.23. The number of rotatable bonds is 3. The predicted octanol–water partition coefficient (Wildman–Crippen LogP) is 0.860. The Kier molecular flexibility index (Phi) is 3.39. The van der Waals surface area contributed by atoms with Crippen molar-refractivity contribution >= 4 is 22.9 Å². The molecule has 1 fully saturated rings. The number of carbonyl (C=O) groups is 2. The highest BCUT2D eigenvalue weighted by atomic mass is 32.2. The van der Waals surface area contributed by atoms with E-state index in [1.165, 1.54) is 11.8 Å². The molecule has 3 N–H and O–H groups in total. The van der Waals surface area contributed by atoms with Gasteiger partial charge in [0, 0.05) is 12.3 Å². The van der Waals surface area contributed by atoms with Gasteiger partial charge >= 0.3 is 0 Å². The molecule has 0 atom stereocenters. The third-order valence-electron chi connectivity index (χ3n) is 2.54. The summed E-state index contributed by atoms with van der Waals surface area (Å²) in [6, 6.07) is 1.62. The normalized spacial score (nSPS) is 15.4. The Hall–Kier alpha value is -1.47. The Labute approximate surface area is 102 Å². The molecule has 2 amide bonds. The number of furan rings is 1. The third-order valence-corrected chi connectivity index (χ3v) is 3.43. The van der Waals surface area contributed by atoms with Crippen molar-refractivity contribution < 1.29 is 14.0 Å². The van der Waals surface area contributed by atoms with Crippen molar-refractivity contribution in [3.8, 4) is 0 Å². The number of hydrogen-bond donors (Lipinski definition) is 2. The summed E-state index contributed by atoms with van der Waals surface area (Å²) < 4.78 is 5.43. The van der Waals surface area contributed by atoms with Crippen molar-refractivity contribution in [3.63, 3.8) is 0 Å². The second-order valence-corrected chi connectivity index (χ2v) is 4.74. The van der Waals surface area contributed by atoms with Crippen LogP contribution in [0.1, 0.15) is 21.9 Å². The lowest BCUT2D eigenvalue weighted by Gasteiger charge is -2.11. The molecule has 0 aliphatic carbocycles. The van der Waals surface area contributed by atoms with Gasteiger partial charge in [0.1, 0.15) is 11.5 Å². The molecule has 0 spiro atoms. The molecule has 92 valence electrons. The number of nitrogens with one attached hydrogen (secondary N) is 1. The molecule has 0 radical (unpaired) electrons. The lowest BCUT2D eigenvalue weighted by atomic mass is 10.2. The van der Waals surface area contributed by atoms with Crippen molar-refractivity contribution in [1.29, 1.82) is 0 Å². The average molecular weight is 255 g/mol. The Morgan fingerprint density at radius 2 is 2.47 bits per heavy atom. The summed E-state index contributed by atoms with van der Waals surface area (Å²) in [4.78, 5) is 24.5. The minimum Gasteiger partial charge on any atom is -0.464 e. The van der Waals surface area contributed by atoms with E-state index in [1.807, 2.05) is 0 Å². The molecule has 1 aliphatic heterocycles. The smallest absolute Gasteiger partial charge is 0.282 e. The van der Waals surface area contributed by atoms with Crippen molar-refractivity contribution in [2.24, 2.45) is 5.84 Å². The highest BCUT2D eigenvalue weighted by Crippen LogP contribution is 2.22. The van der Waals surface area contributed by atoms with Gasteiger partial charge in [-0.1, -0.05) is 11.8 Å². The van der Waals surface area contributed by atoms with Gasteiger partial charge in [0.15, 0.2) is 0 Å². The highest BCUT2D eigenvalue weighted by molar-refractivity contribution is 8.13. The summed E-state index contributed by atoms with van der Waals surface area (Å²) in [5, 5.41) is 0.0453. The molecule has 0 saturated carbocycles. The SMILES string of the molecule is Cc1oc(CN2CCSC2=O)cc1C(=O)NN.